The second kappa shape index (κ2) is 41.8. The molecular weight excluding hydrogens is 779 g/mol. The zero-order chi connectivity index (χ0) is 39.6. The molecule has 6 nitrogen and oxygen atoms in total. The van der Waals surface area contributed by atoms with Gasteiger partial charge in [0.15, 0.2) is 0 Å². The van der Waals surface area contributed by atoms with Crippen LogP contribution in [0.1, 0.15) is 278 Å². The Labute approximate surface area is 342 Å². The molecule has 0 aliphatic rings. The van der Waals surface area contributed by atoms with Crippen molar-refractivity contribution in [3.8, 4) is 0 Å². The zero-order valence-corrected chi connectivity index (χ0v) is 39.6. The number of hydrogen-bond donors (Lipinski definition) is 0. The molecule has 0 amide bonds. The Bertz CT molecular complexity index is 740. The second-order valence-electron chi connectivity index (χ2n) is 16.4. The Morgan fingerprint density at radius 2 is 0.463 bits per heavy atom. The van der Waals surface area contributed by atoms with Crippen molar-refractivity contribution in [2.24, 2.45) is 0 Å². The van der Waals surface area contributed by atoms with E-state index in [1.54, 1.807) is 0 Å². The maximum atomic E-state index is 13.4. The molecule has 0 radical (unpaired) electrons. The molecule has 0 rings (SSSR count). The van der Waals surface area contributed by atoms with Crippen molar-refractivity contribution in [2.75, 3.05) is 0 Å². The van der Waals surface area contributed by atoms with Crippen LogP contribution in [0.25, 0.3) is 0 Å². The van der Waals surface area contributed by atoms with E-state index >= 15 is 0 Å². The van der Waals surface area contributed by atoms with Crippen molar-refractivity contribution in [2.45, 2.75) is 283 Å². The summed E-state index contributed by atoms with van der Waals surface area (Å²) in [6.45, 7) is 8.96. The van der Waals surface area contributed by atoms with Crippen LogP contribution in [0.15, 0.2) is 0 Å². The van der Waals surface area contributed by atoms with Crippen LogP contribution in [0, 0.1) is 0 Å². The summed E-state index contributed by atoms with van der Waals surface area (Å²) in [5.41, 5.74) is 0. The summed E-state index contributed by atoms with van der Waals surface area (Å²) < 4.78 is 18.9. The maximum absolute atomic E-state index is 13.4. The molecule has 0 heterocycles. The molecule has 0 aliphatic carbocycles. The van der Waals surface area contributed by atoms with Gasteiger partial charge in [-0.25, -0.2) is 0 Å². The van der Waals surface area contributed by atoms with Crippen molar-refractivity contribution >= 4 is 37.5 Å². The van der Waals surface area contributed by atoms with Crippen molar-refractivity contribution < 1.29 is 23.6 Å². The normalized spacial score (nSPS) is 11.6. The molecule has 0 aromatic carbocycles. The first kappa shape index (κ1) is 53.2. The van der Waals surface area contributed by atoms with Gasteiger partial charge < -0.3 is 0 Å². The van der Waals surface area contributed by atoms with E-state index in [2.05, 4.69) is 27.7 Å². The minimum atomic E-state index is -4.88. The third-order valence-corrected chi connectivity index (χ3v) is 18.2. The number of rotatable bonds is 43. The van der Waals surface area contributed by atoms with Crippen LogP contribution < -0.4 is 0 Å². The van der Waals surface area contributed by atoms with Gasteiger partial charge in [-0.2, -0.15) is 0 Å². The molecule has 54 heavy (non-hydrogen) atoms. The molecular formula is C47H92O6Sn. The Morgan fingerprint density at radius 3 is 0.685 bits per heavy atom. The van der Waals surface area contributed by atoms with Crippen molar-refractivity contribution in [1.82, 2.24) is 0 Å². The molecule has 0 fully saturated rings. The molecule has 0 saturated carbocycles. The van der Waals surface area contributed by atoms with Crippen LogP contribution in [0.5, 0.6) is 0 Å². The van der Waals surface area contributed by atoms with Gasteiger partial charge in [-0.3, -0.25) is 0 Å². The summed E-state index contributed by atoms with van der Waals surface area (Å²) >= 11 is -4.88. The van der Waals surface area contributed by atoms with Crippen LogP contribution in [0.3, 0.4) is 0 Å². The molecule has 0 aromatic rings. The minimum absolute atomic E-state index is 0.289. The second-order valence-corrected chi connectivity index (χ2v) is 23.5. The first-order chi connectivity index (χ1) is 26.4. The van der Waals surface area contributed by atoms with E-state index in [-0.39, 0.29) is 37.2 Å². The Hall–Kier alpha value is -0.791. The van der Waals surface area contributed by atoms with Gasteiger partial charge in [-0.05, 0) is 0 Å². The van der Waals surface area contributed by atoms with Gasteiger partial charge in [-0.1, -0.05) is 40.0 Å². The first-order valence-corrected chi connectivity index (χ1v) is 29.6. The predicted molar refractivity (Wildman–Crippen MR) is 232 cm³/mol. The van der Waals surface area contributed by atoms with E-state index in [1.165, 1.54) is 148 Å². The van der Waals surface area contributed by atoms with Gasteiger partial charge in [0.05, 0.1) is 0 Å². The van der Waals surface area contributed by atoms with Crippen LogP contribution in [-0.4, -0.2) is 37.5 Å². The van der Waals surface area contributed by atoms with Crippen molar-refractivity contribution in [1.29, 1.82) is 0 Å². The first-order valence-electron chi connectivity index (χ1n) is 24.1. The summed E-state index contributed by atoms with van der Waals surface area (Å²) in [6, 6.07) is 0. The van der Waals surface area contributed by atoms with Gasteiger partial charge >= 0.3 is 304 Å². The molecule has 0 atom stereocenters. The van der Waals surface area contributed by atoms with E-state index in [0.717, 1.165) is 83.5 Å². The molecule has 0 saturated heterocycles. The molecule has 7 heteroatoms. The minimum Gasteiger partial charge on any atom is -0.0654 e. The van der Waals surface area contributed by atoms with Crippen LogP contribution >= 0.6 is 0 Å². The van der Waals surface area contributed by atoms with Crippen LogP contribution in [0.2, 0.25) is 4.44 Å². The van der Waals surface area contributed by atoms with Gasteiger partial charge in [0.1, 0.15) is 0 Å². The van der Waals surface area contributed by atoms with Gasteiger partial charge in [0.25, 0.3) is 0 Å². The molecule has 320 valence electrons. The average Bonchev–Trinajstić information content (AvgIpc) is 3.15. The standard InChI is InChI=1S/3C13H26O2.C8H17.Sn/c3*1-2-3-4-5-6-7-8-9-10-11-12-13(14)15;1-3-5-7-8-6-4-2;/h3*2-12H2,1H3,(H,14,15);1,3-8H2,2H3;/q;;;;+3/p-3. The fourth-order valence-corrected chi connectivity index (χ4v) is 14.3. The average molecular weight is 872 g/mol. The molecule has 0 spiro atoms. The third-order valence-electron chi connectivity index (χ3n) is 10.8. The predicted octanol–water partition coefficient (Wildman–Crippen LogP) is 15.8. The number of carbonyl (C=O) groups is 3. The van der Waals surface area contributed by atoms with Crippen molar-refractivity contribution in [3.63, 3.8) is 0 Å². The van der Waals surface area contributed by atoms with E-state index in [9.17, 15) is 14.4 Å². The van der Waals surface area contributed by atoms with Gasteiger partial charge in [0, 0.05) is 0 Å². The van der Waals surface area contributed by atoms with Crippen LogP contribution in [0.4, 0.5) is 0 Å². The van der Waals surface area contributed by atoms with E-state index in [1.807, 2.05) is 0 Å². The molecule has 0 N–H and O–H groups in total. The number of carbonyl (C=O) groups excluding carboxylic acids is 3. The van der Waals surface area contributed by atoms with Gasteiger partial charge in [-0.15, -0.1) is 0 Å². The number of unbranched alkanes of at least 4 members (excludes halogenated alkanes) is 32. The van der Waals surface area contributed by atoms with Gasteiger partial charge in [0.2, 0.25) is 0 Å². The fourth-order valence-electron chi connectivity index (χ4n) is 7.28. The van der Waals surface area contributed by atoms with Crippen LogP contribution in [-0.2, 0) is 23.6 Å². The molecule has 0 unspecified atom stereocenters. The van der Waals surface area contributed by atoms with E-state index < -0.39 is 19.6 Å². The molecule has 0 aromatic heterocycles. The quantitative estimate of drug-likeness (QED) is 0.0449. The van der Waals surface area contributed by atoms with E-state index in [0.29, 0.717) is 4.44 Å². The third kappa shape index (κ3) is 36.8. The Kier molecular flexibility index (Phi) is 41.2. The Morgan fingerprint density at radius 1 is 0.278 bits per heavy atom. The monoisotopic (exact) mass is 873 g/mol. The molecule has 0 bridgehead atoms. The smallest absolute Gasteiger partial charge is 0.0654 e. The Balaban J connectivity index is 5.23. The summed E-state index contributed by atoms with van der Waals surface area (Å²) in [7, 11) is 0. The topological polar surface area (TPSA) is 78.9 Å². The fraction of sp³-hybridized carbons (Fsp3) is 0.936. The zero-order valence-electron chi connectivity index (χ0n) is 36.7. The van der Waals surface area contributed by atoms with E-state index in [4.69, 9.17) is 9.22 Å². The van der Waals surface area contributed by atoms with Crippen molar-refractivity contribution in [3.05, 3.63) is 0 Å². The summed E-state index contributed by atoms with van der Waals surface area (Å²) in [5.74, 6) is -1.06. The SMILES string of the molecule is CCCCCCCCCCCCC(=O)[O][Sn]([CH2]CCCCCCC)([O]C(=O)CCCCCCCCCCCC)[O]C(=O)CCCCCCCCCCCC. The number of hydrogen-bond acceptors (Lipinski definition) is 6. The summed E-state index contributed by atoms with van der Waals surface area (Å²) in [5, 5.41) is 0. The molecule has 0 aliphatic heterocycles. The summed E-state index contributed by atoms with van der Waals surface area (Å²) in [6.07, 6.45) is 42.9. The summed E-state index contributed by atoms with van der Waals surface area (Å²) in [4.78, 5) is 40.1.